The van der Waals surface area contributed by atoms with E-state index >= 15 is 0 Å². The molecule has 0 aliphatic carbocycles. The van der Waals surface area contributed by atoms with Gasteiger partial charge in [0.2, 0.25) is 11.8 Å². The van der Waals surface area contributed by atoms with Gasteiger partial charge in [-0.15, -0.1) is 12.4 Å². The number of aryl methyl sites for hydroxylation is 1. The molecule has 5 nitrogen and oxygen atoms in total. The summed E-state index contributed by atoms with van der Waals surface area (Å²) in [5.41, 5.74) is 8.11. The molecule has 1 aliphatic rings. The van der Waals surface area contributed by atoms with Crippen molar-refractivity contribution in [1.29, 1.82) is 0 Å². The number of piperidine rings is 1. The van der Waals surface area contributed by atoms with Crippen molar-refractivity contribution in [2.75, 3.05) is 13.1 Å². The van der Waals surface area contributed by atoms with E-state index in [2.05, 4.69) is 5.32 Å². The molecule has 0 bridgehead atoms. The average molecular weight is 354 g/mol. The van der Waals surface area contributed by atoms with Gasteiger partial charge in [0.25, 0.3) is 0 Å². The minimum absolute atomic E-state index is 0. The fourth-order valence-corrected chi connectivity index (χ4v) is 2.73. The molecular weight excluding hydrogens is 326 g/mol. The van der Waals surface area contributed by atoms with Crippen molar-refractivity contribution < 1.29 is 9.59 Å². The number of carbonyl (C=O) groups is 2. The zero-order valence-electron chi connectivity index (χ0n) is 14.6. The van der Waals surface area contributed by atoms with Gasteiger partial charge in [-0.05, 0) is 25.3 Å². The molecular formula is C18H28ClN3O2. The number of nitrogens with zero attached hydrogens (tertiary/aromatic N) is 1. The van der Waals surface area contributed by atoms with Crippen LogP contribution in [0.1, 0.15) is 43.9 Å². The fourth-order valence-electron chi connectivity index (χ4n) is 2.73. The van der Waals surface area contributed by atoms with E-state index in [0.29, 0.717) is 13.1 Å². The monoisotopic (exact) mass is 353 g/mol. The molecule has 2 amide bonds. The maximum Gasteiger partial charge on any atom is 0.244 e. The third-order valence-corrected chi connectivity index (χ3v) is 4.38. The lowest BCUT2D eigenvalue weighted by Gasteiger charge is -2.34. The Bertz CT molecular complexity index is 552. The first kappa shape index (κ1) is 20.5. The lowest BCUT2D eigenvalue weighted by atomic mass is 10.0. The summed E-state index contributed by atoms with van der Waals surface area (Å²) in [6.45, 7) is 7.05. The quantitative estimate of drug-likeness (QED) is 0.871. The zero-order valence-corrected chi connectivity index (χ0v) is 15.4. The molecule has 3 N–H and O–H groups in total. The highest BCUT2D eigenvalue weighted by Gasteiger charge is 2.27. The molecule has 0 aromatic heterocycles. The lowest BCUT2D eigenvalue weighted by molar-refractivity contribution is -0.134. The minimum Gasteiger partial charge on any atom is -0.353 e. The predicted molar refractivity (Wildman–Crippen MR) is 97.9 cm³/mol. The van der Waals surface area contributed by atoms with E-state index in [-0.39, 0.29) is 36.2 Å². The Hall–Kier alpha value is -1.59. The first-order valence-corrected chi connectivity index (χ1v) is 8.29. The van der Waals surface area contributed by atoms with E-state index < -0.39 is 6.04 Å². The average Bonchev–Trinajstić information content (AvgIpc) is 2.55. The van der Waals surface area contributed by atoms with E-state index in [1.54, 1.807) is 0 Å². The van der Waals surface area contributed by atoms with Crippen molar-refractivity contribution in [3.05, 3.63) is 35.4 Å². The normalized spacial score (nSPS) is 16.5. The van der Waals surface area contributed by atoms with Crippen LogP contribution in [0.15, 0.2) is 24.3 Å². The molecule has 1 aliphatic heterocycles. The molecule has 0 radical (unpaired) electrons. The summed E-state index contributed by atoms with van der Waals surface area (Å²) in [5.74, 6) is 0.0262. The van der Waals surface area contributed by atoms with Crippen LogP contribution in [-0.4, -0.2) is 35.8 Å². The zero-order chi connectivity index (χ0) is 17.0. The second-order valence-corrected chi connectivity index (χ2v) is 6.65. The number of benzene rings is 1. The summed E-state index contributed by atoms with van der Waals surface area (Å²) in [6.07, 6.45) is 1.57. The molecule has 6 heteroatoms. The van der Waals surface area contributed by atoms with Crippen molar-refractivity contribution >= 4 is 24.2 Å². The van der Waals surface area contributed by atoms with E-state index in [9.17, 15) is 9.59 Å². The van der Waals surface area contributed by atoms with Crippen molar-refractivity contribution in [1.82, 2.24) is 10.2 Å². The molecule has 2 rings (SSSR count). The molecule has 1 atom stereocenters. The summed E-state index contributed by atoms with van der Waals surface area (Å²) in [7, 11) is 0. The van der Waals surface area contributed by atoms with Gasteiger partial charge in [0.05, 0.1) is 0 Å². The fraction of sp³-hybridized carbons (Fsp3) is 0.556. The third-order valence-electron chi connectivity index (χ3n) is 4.38. The van der Waals surface area contributed by atoms with E-state index in [4.69, 9.17) is 5.73 Å². The molecule has 1 aromatic carbocycles. The van der Waals surface area contributed by atoms with Crippen LogP contribution < -0.4 is 11.1 Å². The van der Waals surface area contributed by atoms with Gasteiger partial charge in [-0.3, -0.25) is 9.59 Å². The number of amides is 2. The van der Waals surface area contributed by atoms with Crippen LogP contribution in [0.5, 0.6) is 0 Å². The van der Waals surface area contributed by atoms with Gasteiger partial charge in [0.15, 0.2) is 0 Å². The van der Waals surface area contributed by atoms with Gasteiger partial charge in [0.1, 0.15) is 6.04 Å². The van der Waals surface area contributed by atoms with Crippen molar-refractivity contribution in [2.24, 2.45) is 11.7 Å². The number of halogens is 1. The van der Waals surface area contributed by atoms with Gasteiger partial charge in [-0.1, -0.05) is 43.7 Å². The molecule has 1 saturated heterocycles. The predicted octanol–water partition coefficient (Wildman–Crippen LogP) is 2.18. The number of hydrogen-bond acceptors (Lipinski definition) is 3. The smallest absolute Gasteiger partial charge is 0.244 e. The first-order chi connectivity index (χ1) is 10.9. The van der Waals surface area contributed by atoms with Crippen LogP contribution >= 0.6 is 12.4 Å². The number of carbonyl (C=O) groups excluding carboxylic acids is 2. The van der Waals surface area contributed by atoms with Crippen LogP contribution in [0.3, 0.4) is 0 Å². The van der Waals surface area contributed by atoms with Gasteiger partial charge < -0.3 is 16.0 Å². The van der Waals surface area contributed by atoms with Crippen molar-refractivity contribution in [2.45, 2.75) is 45.7 Å². The minimum atomic E-state index is -0.614. The Morgan fingerprint density at radius 3 is 2.21 bits per heavy atom. The maximum atomic E-state index is 12.5. The Morgan fingerprint density at radius 2 is 1.71 bits per heavy atom. The molecule has 1 aromatic rings. The standard InChI is InChI=1S/C18H27N3O2.ClH/c1-12(2)17(22)20-15-8-10-21(11-9-15)18(23)16(19)14-6-4-13(3)5-7-14;/h4-7,12,15-16H,8-11,19H2,1-3H3,(H,20,22);1H. The van der Waals surface area contributed by atoms with Gasteiger partial charge in [-0.25, -0.2) is 0 Å². The summed E-state index contributed by atoms with van der Waals surface area (Å²) in [6, 6.07) is 7.30. The van der Waals surface area contributed by atoms with Crippen LogP contribution in [0.25, 0.3) is 0 Å². The number of likely N-dealkylation sites (tertiary alicyclic amines) is 1. The van der Waals surface area contributed by atoms with Gasteiger partial charge in [-0.2, -0.15) is 0 Å². The molecule has 24 heavy (non-hydrogen) atoms. The summed E-state index contributed by atoms with van der Waals surface area (Å²) in [5, 5.41) is 3.04. The highest BCUT2D eigenvalue weighted by atomic mass is 35.5. The molecule has 1 heterocycles. The Balaban J connectivity index is 0.00000288. The van der Waals surface area contributed by atoms with Crippen LogP contribution in [0, 0.1) is 12.8 Å². The van der Waals surface area contributed by atoms with E-state index in [0.717, 1.165) is 24.0 Å². The molecule has 0 spiro atoms. The van der Waals surface area contributed by atoms with Crippen LogP contribution in [0.2, 0.25) is 0 Å². The topological polar surface area (TPSA) is 75.4 Å². The van der Waals surface area contributed by atoms with Crippen molar-refractivity contribution in [3.63, 3.8) is 0 Å². The number of nitrogens with one attached hydrogen (secondary N) is 1. The molecule has 1 fully saturated rings. The SMILES string of the molecule is Cc1ccc(C(N)C(=O)N2CCC(NC(=O)C(C)C)CC2)cc1.Cl. The van der Waals surface area contributed by atoms with Gasteiger partial charge >= 0.3 is 0 Å². The Kier molecular flexibility index (Phi) is 7.70. The van der Waals surface area contributed by atoms with Crippen LogP contribution in [-0.2, 0) is 9.59 Å². The second-order valence-electron chi connectivity index (χ2n) is 6.65. The Morgan fingerprint density at radius 1 is 1.17 bits per heavy atom. The highest BCUT2D eigenvalue weighted by molar-refractivity contribution is 5.85. The van der Waals surface area contributed by atoms with E-state index in [1.807, 2.05) is 49.9 Å². The third kappa shape index (κ3) is 5.21. The van der Waals surface area contributed by atoms with Gasteiger partial charge in [0, 0.05) is 25.0 Å². The molecule has 134 valence electrons. The number of nitrogens with two attached hydrogens (primary N) is 1. The maximum absolute atomic E-state index is 12.5. The summed E-state index contributed by atoms with van der Waals surface area (Å²) >= 11 is 0. The Labute approximate surface area is 150 Å². The number of rotatable bonds is 4. The van der Waals surface area contributed by atoms with Crippen molar-refractivity contribution in [3.8, 4) is 0 Å². The lowest BCUT2D eigenvalue weighted by Crippen LogP contribution is -2.49. The number of hydrogen-bond donors (Lipinski definition) is 2. The molecule has 0 saturated carbocycles. The first-order valence-electron chi connectivity index (χ1n) is 8.29. The largest absolute Gasteiger partial charge is 0.353 e. The summed E-state index contributed by atoms with van der Waals surface area (Å²) < 4.78 is 0. The second kappa shape index (κ2) is 9.04. The van der Waals surface area contributed by atoms with E-state index in [1.165, 1.54) is 0 Å². The summed E-state index contributed by atoms with van der Waals surface area (Å²) in [4.78, 5) is 26.1. The van der Waals surface area contributed by atoms with Crippen LogP contribution in [0.4, 0.5) is 0 Å². The molecule has 1 unspecified atom stereocenters. The highest BCUT2D eigenvalue weighted by Crippen LogP contribution is 2.18.